The first-order valence-corrected chi connectivity index (χ1v) is 4.59. The van der Waals surface area contributed by atoms with E-state index in [1.165, 1.54) is 20.4 Å². The molecule has 0 atom stereocenters. The molecule has 1 heterocycles. The van der Waals surface area contributed by atoms with Crippen LogP contribution in [0.25, 0.3) is 0 Å². The molecule has 0 amide bonds. The van der Waals surface area contributed by atoms with Gasteiger partial charge in [-0.2, -0.15) is 0 Å². The van der Waals surface area contributed by atoms with Crippen LogP contribution in [-0.4, -0.2) is 29.9 Å². The average Bonchev–Trinajstić information content (AvgIpc) is 2.54. The van der Waals surface area contributed by atoms with Crippen molar-refractivity contribution in [1.82, 2.24) is 4.57 Å². The van der Waals surface area contributed by atoms with Gasteiger partial charge in [0, 0.05) is 12.2 Å². The van der Waals surface area contributed by atoms with Gasteiger partial charge in [-0.3, -0.25) is 0 Å². The lowest BCUT2D eigenvalue weighted by atomic mass is 10.3. The minimum Gasteiger partial charge on any atom is -0.492 e. The van der Waals surface area contributed by atoms with Crippen molar-refractivity contribution in [3.8, 4) is 11.6 Å². The molecule has 1 rings (SSSR count). The van der Waals surface area contributed by atoms with Crippen LogP contribution < -0.4 is 4.74 Å². The Bertz CT molecular complexity index is 368. The Hall–Kier alpha value is -1.65. The summed E-state index contributed by atoms with van der Waals surface area (Å²) >= 11 is 0. The van der Waals surface area contributed by atoms with Crippen molar-refractivity contribution in [3.05, 3.63) is 11.8 Å². The third-order valence-corrected chi connectivity index (χ3v) is 2.13. The number of esters is 1. The van der Waals surface area contributed by atoms with E-state index in [0.717, 1.165) is 0 Å². The van der Waals surface area contributed by atoms with Crippen LogP contribution in [0.4, 0.5) is 0 Å². The predicted octanol–water partition coefficient (Wildman–Crippen LogP) is 1.57. The number of rotatable bonds is 3. The molecule has 1 N–H and O–H groups in total. The number of aromatic hydroxyl groups is 1. The number of hydrogen-bond donors (Lipinski definition) is 1. The normalized spacial score (nSPS) is 10.5. The van der Waals surface area contributed by atoms with Crippen molar-refractivity contribution in [3.63, 3.8) is 0 Å². The minimum atomic E-state index is -0.526. The van der Waals surface area contributed by atoms with E-state index in [9.17, 15) is 9.90 Å². The SMILES string of the molecule is COC(=O)c1cn(C(C)C)c(O)c1OC. The zero-order valence-corrected chi connectivity index (χ0v) is 9.27. The molecule has 0 saturated carbocycles. The summed E-state index contributed by atoms with van der Waals surface area (Å²) in [6.07, 6.45) is 1.52. The summed E-state index contributed by atoms with van der Waals surface area (Å²) in [5.74, 6) is -0.440. The number of ether oxygens (including phenoxy) is 2. The summed E-state index contributed by atoms with van der Waals surface area (Å²) in [7, 11) is 2.68. The van der Waals surface area contributed by atoms with Gasteiger partial charge >= 0.3 is 5.97 Å². The Morgan fingerprint density at radius 3 is 2.47 bits per heavy atom. The summed E-state index contributed by atoms with van der Waals surface area (Å²) in [5.41, 5.74) is 0.228. The number of nitrogens with zero attached hydrogens (tertiary/aromatic N) is 1. The fourth-order valence-electron chi connectivity index (χ4n) is 1.35. The average molecular weight is 213 g/mol. The molecule has 0 fully saturated rings. The van der Waals surface area contributed by atoms with Gasteiger partial charge in [0.05, 0.1) is 14.2 Å². The topological polar surface area (TPSA) is 60.7 Å². The Kier molecular flexibility index (Phi) is 3.24. The van der Waals surface area contributed by atoms with Crippen molar-refractivity contribution >= 4 is 5.97 Å². The first-order chi connectivity index (χ1) is 7.02. The number of carbonyl (C=O) groups is 1. The maximum Gasteiger partial charge on any atom is 0.343 e. The number of carbonyl (C=O) groups excluding carboxylic acids is 1. The van der Waals surface area contributed by atoms with Gasteiger partial charge in [0.25, 0.3) is 0 Å². The molecule has 0 bridgehead atoms. The molecule has 84 valence electrons. The third kappa shape index (κ3) is 1.91. The second-order valence-electron chi connectivity index (χ2n) is 3.39. The third-order valence-electron chi connectivity index (χ3n) is 2.13. The van der Waals surface area contributed by atoms with Crippen LogP contribution in [0.1, 0.15) is 30.2 Å². The van der Waals surface area contributed by atoms with Crippen molar-refractivity contribution in [1.29, 1.82) is 0 Å². The maximum absolute atomic E-state index is 11.4. The quantitative estimate of drug-likeness (QED) is 0.774. The monoisotopic (exact) mass is 213 g/mol. The number of methoxy groups -OCH3 is 2. The van der Waals surface area contributed by atoms with E-state index in [1.807, 2.05) is 13.8 Å². The van der Waals surface area contributed by atoms with Crippen LogP contribution in [0, 0.1) is 0 Å². The van der Waals surface area contributed by atoms with E-state index < -0.39 is 5.97 Å². The van der Waals surface area contributed by atoms with Crippen LogP contribution in [0.15, 0.2) is 6.20 Å². The molecule has 0 radical (unpaired) electrons. The molecular weight excluding hydrogens is 198 g/mol. The molecule has 15 heavy (non-hydrogen) atoms. The van der Waals surface area contributed by atoms with Gasteiger partial charge in [-0.25, -0.2) is 4.79 Å². The molecule has 5 nitrogen and oxygen atoms in total. The first kappa shape index (κ1) is 11.4. The zero-order chi connectivity index (χ0) is 11.6. The van der Waals surface area contributed by atoms with E-state index in [0.29, 0.717) is 0 Å². The van der Waals surface area contributed by atoms with Crippen molar-refractivity contribution in [2.75, 3.05) is 14.2 Å². The molecular formula is C10H15NO4. The maximum atomic E-state index is 11.4. The van der Waals surface area contributed by atoms with Gasteiger partial charge in [0.1, 0.15) is 5.56 Å². The van der Waals surface area contributed by atoms with Crippen LogP contribution in [0.3, 0.4) is 0 Å². The molecule has 1 aromatic rings. The van der Waals surface area contributed by atoms with Crippen molar-refractivity contribution in [2.45, 2.75) is 19.9 Å². The van der Waals surface area contributed by atoms with Crippen molar-refractivity contribution in [2.24, 2.45) is 0 Å². The fourth-order valence-corrected chi connectivity index (χ4v) is 1.35. The molecule has 0 saturated heterocycles. The molecule has 1 aromatic heterocycles. The summed E-state index contributed by atoms with van der Waals surface area (Å²) in [5, 5.41) is 9.75. The number of hydrogen-bond acceptors (Lipinski definition) is 4. The van der Waals surface area contributed by atoms with Gasteiger partial charge in [-0.1, -0.05) is 0 Å². The molecule has 0 aliphatic heterocycles. The van der Waals surface area contributed by atoms with Gasteiger partial charge in [-0.15, -0.1) is 0 Å². The molecule has 5 heteroatoms. The highest BCUT2D eigenvalue weighted by molar-refractivity contribution is 5.93. The Labute approximate surface area is 88.2 Å². The van der Waals surface area contributed by atoms with Crippen LogP contribution in [0.5, 0.6) is 11.6 Å². The number of aromatic nitrogens is 1. The summed E-state index contributed by atoms with van der Waals surface area (Å²) < 4.78 is 11.1. The van der Waals surface area contributed by atoms with E-state index in [1.54, 1.807) is 4.57 Å². The van der Waals surface area contributed by atoms with Crippen molar-refractivity contribution < 1.29 is 19.4 Å². The highest BCUT2D eigenvalue weighted by atomic mass is 16.5. The summed E-state index contributed by atoms with van der Waals surface area (Å²) in [6, 6.07) is 0.0392. The lowest BCUT2D eigenvalue weighted by molar-refractivity contribution is 0.0597. The van der Waals surface area contributed by atoms with Gasteiger partial charge in [-0.05, 0) is 13.8 Å². The molecule has 0 unspecified atom stereocenters. The fraction of sp³-hybridized carbons (Fsp3) is 0.500. The second-order valence-corrected chi connectivity index (χ2v) is 3.39. The Morgan fingerprint density at radius 1 is 1.47 bits per heavy atom. The van der Waals surface area contributed by atoms with Gasteiger partial charge in [0.2, 0.25) is 5.88 Å². The van der Waals surface area contributed by atoms with Crippen LogP contribution in [-0.2, 0) is 4.74 Å². The molecule has 0 aromatic carbocycles. The van der Waals surface area contributed by atoms with E-state index >= 15 is 0 Å². The molecule has 0 aliphatic rings. The van der Waals surface area contributed by atoms with Crippen LogP contribution in [0.2, 0.25) is 0 Å². The predicted molar refractivity (Wildman–Crippen MR) is 54.4 cm³/mol. The summed E-state index contributed by atoms with van der Waals surface area (Å²) in [6.45, 7) is 3.78. The van der Waals surface area contributed by atoms with E-state index in [2.05, 4.69) is 4.74 Å². The van der Waals surface area contributed by atoms with Gasteiger partial charge in [0.15, 0.2) is 5.75 Å². The minimum absolute atomic E-state index is 0.0392. The Morgan fingerprint density at radius 2 is 2.07 bits per heavy atom. The zero-order valence-electron chi connectivity index (χ0n) is 9.27. The Balaban J connectivity index is 3.27. The van der Waals surface area contributed by atoms with E-state index in [-0.39, 0.29) is 23.2 Å². The highest BCUT2D eigenvalue weighted by Gasteiger charge is 2.22. The van der Waals surface area contributed by atoms with Gasteiger partial charge < -0.3 is 19.1 Å². The molecule has 0 aliphatic carbocycles. The summed E-state index contributed by atoms with van der Waals surface area (Å²) in [4.78, 5) is 11.4. The standard InChI is InChI=1S/C10H15NO4/c1-6(2)11-5-7(10(13)15-4)8(14-3)9(11)12/h5-6,12H,1-4H3. The van der Waals surface area contributed by atoms with E-state index in [4.69, 9.17) is 4.74 Å². The lowest BCUT2D eigenvalue weighted by Crippen LogP contribution is -2.02. The van der Waals surface area contributed by atoms with Crippen LogP contribution >= 0.6 is 0 Å². The molecule has 0 spiro atoms. The highest BCUT2D eigenvalue weighted by Crippen LogP contribution is 2.34. The first-order valence-electron chi connectivity index (χ1n) is 4.59. The second kappa shape index (κ2) is 4.25. The lowest BCUT2D eigenvalue weighted by Gasteiger charge is -2.08. The smallest absolute Gasteiger partial charge is 0.343 e. The largest absolute Gasteiger partial charge is 0.492 e.